The Hall–Kier alpha value is -1.32. The van der Waals surface area contributed by atoms with Crippen LogP contribution in [0.5, 0.6) is 0 Å². The van der Waals surface area contributed by atoms with Crippen LogP contribution in [0.4, 0.5) is 0 Å². The van der Waals surface area contributed by atoms with Crippen LogP contribution in [-0.4, -0.2) is 13.2 Å². The van der Waals surface area contributed by atoms with E-state index in [9.17, 15) is 0 Å². The summed E-state index contributed by atoms with van der Waals surface area (Å²) in [5.74, 6) is 0.950. The van der Waals surface area contributed by atoms with Gasteiger partial charge in [0, 0.05) is 24.1 Å². The first kappa shape index (κ1) is 16.1. The second-order valence-corrected chi connectivity index (χ2v) is 6.64. The highest BCUT2D eigenvalue weighted by Gasteiger charge is 2.14. The Kier molecular flexibility index (Phi) is 5.43. The van der Waals surface area contributed by atoms with Crippen molar-refractivity contribution in [3.05, 3.63) is 35.6 Å². The molecule has 116 valence electrons. The molecule has 0 saturated heterocycles. The van der Waals surface area contributed by atoms with Gasteiger partial charge in [-0.3, -0.25) is 0 Å². The Morgan fingerprint density at radius 2 is 1.95 bits per heavy atom. The van der Waals surface area contributed by atoms with Crippen LogP contribution in [0, 0.1) is 5.41 Å². The Balaban J connectivity index is 2.07. The number of hydrogen-bond acceptors (Lipinski definition) is 3. The van der Waals surface area contributed by atoms with E-state index in [1.807, 2.05) is 12.1 Å². The number of ether oxygens (including phenoxy) is 1. The minimum absolute atomic E-state index is 0.306. The lowest BCUT2D eigenvalue weighted by Crippen LogP contribution is -2.13. The molecule has 3 heteroatoms. The van der Waals surface area contributed by atoms with Crippen molar-refractivity contribution in [2.75, 3.05) is 13.2 Å². The van der Waals surface area contributed by atoms with Crippen molar-refractivity contribution in [3.63, 3.8) is 0 Å². The van der Waals surface area contributed by atoms with Gasteiger partial charge in [-0.05, 0) is 24.4 Å². The minimum Gasteiger partial charge on any atom is -0.458 e. The second-order valence-electron chi connectivity index (χ2n) is 6.64. The highest BCUT2D eigenvalue weighted by Crippen LogP contribution is 2.27. The fraction of sp³-hybridized carbons (Fsp3) is 0.556. The van der Waals surface area contributed by atoms with Gasteiger partial charge < -0.3 is 14.5 Å². The molecule has 0 atom stereocenters. The van der Waals surface area contributed by atoms with Crippen LogP contribution in [0.1, 0.15) is 45.4 Å². The van der Waals surface area contributed by atoms with Crippen LogP contribution in [-0.2, 0) is 17.9 Å². The van der Waals surface area contributed by atoms with Crippen LogP contribution in [0.3, 0.4) is 0 Å². The zero-order chi connectivity index (χ0) is 15.3. The summed E-state index contributed by atoms with van der Waals surface area (Å²) in [7, 11) is 0. The first-order chi connectivity index (χ1) is 10.0. The molecule has 0 fully saturated rings. The maximum absolute atomic E-state index is 5.96. The molecular formula is C18H27NO2. The number of para-hydroxylation sites is 1. The number of nitrogens with one attached hydrogen (secondary N) is 1. The number of furan rings is 1. The standard InChI is InChI=1S/C18H27NO2/c1-5-19-12-15-14-8-6-7-9-16(14)21-17(15)13-20-11-10-18(2,3)4/h6-9,19H,5,10-13H2,1-4H3. The van der Waals surface area contributed by atoms with Crippen LogP contribution in [0.15, 0.2) is 28.7 Å². The third kappa shape index (κ3) is 4.58. The van der Waals surface area contributed by atoms with Crippen molar-refractivity contribution in [1.82, 2.24) is 5.32 Å². The van der Waals surface area contributed by atoms with Gasteiger partial charge in [0.25, 0.3) is 0 Å². The topological polar surface area (TPSA) is 34.4 Å². The quantitative estimate of drug-likeness (QED) is 0.762. The number of rotatable bonds is 7. The number of fused-ring (bicyclic) bond motifs is 1. The molecule has 2 rings (SSSR count). The SMILES string of the molecule is CCNCc1c(COCCC(C)(C)C)oc2ccccc12. The van der Waals surface area contributed by atoms with Gasteiger partial charge in [0.2, 0.25) is 0 Å². The molecule has 3 nitrogen and oxygen atoms in total. The monoisotopic (exact) mass is 289 g/mol. The first-order valence-electron chi connectivity index (χ1n) is 7.79. The molecule has 2 aromatic rings. The largest absolute Gasteiger partial charge is 0.458 e. The van der Waals surface area contributed by atoms with Gasteiger partial charge >= 0.3 is 0 Å². The molecule has 0 bridgehead atoms. The van der Waals surface area contributed by atoms with E-state index in [2.05, 4.69) is 45.1 Å². The minimum atomic E-state index is 0.306. The molecule has 1 N–H and O–H groups in total. The predicted molar refractivity (Wildman–Crippen MR) is 87.3 cm³/mol. The summed E-state index contributed by atoms with van der Waals surface area (Å²) in [6, 6.07) is 8.19. The van der Waals surface area contributed by atoms with Crippen molar-refractivity contribution in [3.8, 4) is 0 Å². The van der Waals surface area contributed by atoms with Crippen molar-refractivity contribution in [2.24, 2.45) is 5.41 Å². The molecule has 0 spiro atoms. The Morgan fingerprint density at radius 3 is 2.67 bits per heavy atom. The normalized spacial score (nSPS) is 12.2. The lowest BCUT2D eigenvalue weighted by molar-refractivity contribution is 0.0846. The molecule has 1 heterocycles. The molecule has 0 radical (unpaired) electrons. The fourth-order valence-corrected chi connectivity index (χ4v) is 2.25. The molecule has 0 aliphatic rings. The fourth-order valence-electron chi connectivity index (χ4n) is 2.25. The summed E-state index contributed by atoms with van der Waals surface area (Å²) >= 11 is 0. The Labute approximate surface area is 127 Å². The summed E-state index contributed by atoms with van der Waals surface area (Å²) < 4.78 is 11.8. The Morgan fingerprint density at radius 1 is 1.19 bits per heavy atom. The van der Waals surface area contributed by atoms with Crippen molar-refractivity contribution in [2.45, 2.75) is 47.3 Å². The highest BCUT2D eigenvalue weighted by molar-refractivity contribution is 5.82. The molecule has 0 aliphatic carbocycles. The molecule has 0 aliphatic heterocycles. The van der Waals surface area contributed by atoms with E-state index in [0.29, 0.717) is 12.0 Å². The van der Waals surface area contributed by atoms with Gasteiger partial charge in [0.05, 0.1) is 0 Å². The van der Waals surface area contributed by atoms with E-state index in [1.54, 1.807) is 0 Å². The average molecular weight is 289 g/mol. The summed E-state index contributed by atoms with van der Waals surface area (Å²) in [4.78, 5) is 0. The maximum Gasteiger partial charge on any atom is 0.135 e. The van der Waals surface area contributed by atoms with E-state index in [0.717, 1.165) is 37.5 Å². The lowest BCUT2D eigenvalue weighted by atomic mass is 9.93. The molecule has 0 amide bonds. The van der Waals surface area contributed by atoms with E-state index >= 15 is 0 Å². The van der Waals surface area contributed by atoms with Crippen LogP contribution in [0.2, 0.25) is 0 Å². The predicted octanol–water partition coefficient (Wildman–Crippen LogP) is 4.50. The summed E-state index contributed by atoms with van der Waals surface area (Å²) in [6.45, 7) is 11.9. The number of benzene rings is 1. The van der Waals surface area contributed by atoms with Gasteiger partial charge in [-0.2, -0.15) is 0 Å². The van der Waals surface area contributed by atoms with Crippen molar-refractivity contribution < 1.29 is 9.15 Å². The van der Waals surface area contributed by atoms with Gasteiger partial charge in [-0.25, -0.2) is 0 Å². The first-order valence-corrected chi connectivity index (χ1v) is 7.79. The molecule has 0 unspecified atom stereocenters. The molecule has 1 aromatic carbocycles. The summed E-state index contributed by atoms with van der Waals surface area (Å²) in [5.41, 5.74) is 2.48. The lowest BCUT2D eigenvalue weighted by Gasteiger charge is -2.17. The smallest absolute Gasteiger partial charge is 0.135 e. The Bertz CT molecular complexity index is 566. The van der Waals surface area contributed by atoms with Crippen LogP contribution < -0.4 is 5.32 Å². The second kappa shape index (κ2) is 7.10. The van der Waals surface area contributed by atoms with Gasteiger partial charge in [0.15, 0.2) is 0 Å². The summed E-state index contributed by atoms with van der Waals surface area (Å²) in [6.07, 6.45) is 1.05. The van der Waals surface area contributed by atoms with Crippen molar-refractivity contribution >= 4 is 11.0 Å². The average Bonchev–Trinajstić information content (AvgIpc) is 2.78. The highest BCUT2D eigenvalue weighted by atomic mass is 16.5. The molecule has 0 saturated carbocycles. The van der Waals surface area contributed by atoms with Crippen molar-refractivity contribution in [1.29, 1.82) is 0 Å². The van der Waals surface area contributed by atoms with E-state index < -0.39 is 0 Å². The third-order valence-corrected chi connectivity index (χ3v) is 3.56. The van der Waals surface area contributed by atoms with E-state index in [4.69, 9.17) is 9.15 Å². The maximum atomic E-state index is 5.96. The van der Waals surface area contributed by atoms with Gasteiger partial charge in [-0.1, -0.05) is 45.9 Å². The summed E-state index contributed by atoms with van der Waals surface area (Å²) in [5, 5.41) is 4.57. The van der Waals surface area contributed by atoms with Gasteiger partial charge in [-0.15, -0.1) is 0 Å². The molecular weight excluding hydrogens is 262 g/mol. The van der Waals surface area contributed by atoms with E-state index in [-0.39, 0.29) is 0 Å². The van der Waals surface area contributed by atoms with E-state index in [1.165, 1.54) is 10.9 Å². The number of hydrogen-bond donors (Lipinski definition) is 1. The third-order valence-electron chi connectivity index (χ3n) is 3.56. The molecule has 21 heavy (non-hydrogen) atoms. The van der Waals surface area contributed by atoms with Crippen LogP contribution in [0.25, 0.3) is 11.0 Å². The van der Waals surface area contributed by atoms with Crippen LogP contribution >= 0.6 is 0 Å². The zero-order valence-corrected chi connectivity index (χ0v) is 13.7. The molecule has 1 aromatic heterocycles. The van der Waals surface area contributed by atoms with Gasteiger partial charge in [0.1, 0.15) is 18.0 Å². The zero-order valence-electron chi connectivity index (χ0n) is 13.7.